The normalized spacial score (nSPS) is 31.6. The van der Waals surface area contributed by atoms with Crippen LogP contribution in [0.2, 0.25) is 0 Å². The molecule has 1 fully saturated rings. The molecule has 0 radical (unpaired) electrons. The third kappa shape index (κ3) is 10.5. The largest absolute Gasteiger partial charge is 0.457 e. The Morgan fingerprint density at radius 1 is 1.11 bits per heavy atom. The second-order valence-electron chi connectivity index (χ2n) is 8.85. The molecule has 6 atom stereocenters. The van der Waals surface area contributed by atoms with Crippen molar-refractivity contribution in [3.8, 4) is 0 Å². The lowest BCUT2D eigenvalue weighted by molar-refractivity contribution is -0.151. The predicted molar refractivity (Wildman–Crippen MR) is 138 cm³/mol. The first-order valence-corrected chi connectivity index (χ1v) is 15.8. The van der Waals surface area contributed by atoms with Gasteiger partial charge in [-0.3, -0.25) is 23.4 Å². The van der Waals surface area contributed by atoms with Crippen molar-refractivity contribution >= 4 is 56.1 Å². The van der Waals surface area contributed by atoms with Crippen molar-refractivity contribution < 1.29 is 33.2 Å². The first-order valence-electron chi connectivity index (χ1n) is 11.6. The second-order valence-corrected chi connectivity index (χ2v) is 13.0. The zero-order valence-corrected chi connectivity index (χ0v) is 22.6. The summed E-state index contributed by atoms with van der Waals surface area (Å²) in [7, 11) is 1.77. The minimum atomic E-state index is -1.21. The van der Waals surface area contributed by atoms with Crippen molar-refractivity contribution in [1.29, 1.82) is 0 Å². The number of esters is 1. The minimum Gasteiger partial charge on any atom is -0.457 e. The summed E-state index contributed by atoms with van der Waals surface area (Å²) in [5, 5.41) is 18.9. The summed E-state index contributed by atoms with van der Waals surface area (Å²) < 4.78 is 17.1. The van der Waals surface area contributed by atoms with Gasteiger partial charge in [-0.1, -0.05) is 41.5 Å². The van der Waals surface area contributed by atoms with Crippen molar-refractivity contribution in [2.75, 3.05) is 23.5 Å². The van der Waals surface area contributed by atoms with Gasteiger partial charge in [-0.15, -0.1) is 0 Å². The standard InChI is InChI=1S/C22H35N3O7S3/c1-13(2)20-17(26)11-19(28)32-14-6-4-5-8-33-34-12-16(22(30)25-20)24-21(29)15(7-9-35(3)31)23-18(27)10-14/h4,6,13-17,20,26H,5,7-12H2,1-3H3,(H,23,27)(H,24,29)(H,25,30)/b6-4-/t14-,15-,16-,17+,20-,35?/m1/s1. The maximum Gasteiger partial charge on any atom is 0.309 e. The van der Waals surface area contributed by atoms with E-state index in [0.717, 1.165) is 0 Å². The Labute approximate surface area is 216 Å². The quantitative estimate of drug-likeness (QED) is 0.220. The number of hydrogen-bond donors (Lipinski definition) is 4. The van der Waals surface area contributed by atoms with Gasteiger partial charge in [0.2, 0.25) is 17.7 Å². The van der Waals surface area contributed by atoms with Crippen molar-refractivity contribution in [3.63, 3.8) is 0 Å². The number of rotatable bonds is 4. The monoisotopic (exact) mass is 549 g/mol. The zero-order chi connectivity index (χ0) is 26.0. The molecule has 2 aliphatic rings. The molecular weight excluding hydrogens is 514 g/mol. The van der Waals surface area contributed by atoms with E-state index in [4.69, 9.17) is 4.74 Å². The van der Waals surface area contributed by atoms with Crippen molar-refractivity contribution in [2.45, 2.75) is 69.9 Å². The van der Waals surface area contributed by atoms with Crippen LogP contribution in [0, 0.1) is 5.92 Å². The van der Waals surface area contributed by atoms with Crippen molar-refractivity contribution in [2.24, 2.45) is 5.92 Å². The molecule has 1 saturated heterocycles. The van der Waals surface area contributed by atoms with Gasteiger partial charge in [-0.05, 0) is 24.8 Å². The lowest BCUT2D eigenvalue weighted by Gasteiger charge is -2.29. The number of aliphatic hydroxyl groups is 1. The van der Waals surface area contributed by atoms with Crippen LogP contribution < -0.4 is 16.0 Å². The summed E-state index contributed by atoms with van der Waals surface area (Å²) in [5.41, 5.74) is 0. The average Bonchev–Trinajstić information content (AvgIpc) is 2.76. The summed E-state index contributed by atoms with van der Waals surface area (Å²) >= 11 is 0. The maximum atomic E-state index is 13.2. The summed E-state index contributed by atoms with van der Waals surface area (Å²) in [5.74, 6) is -1.33. The average molecular weight is 550 g/mol. The van der Waals surface area contributed by atoms with Crippen LogP contribution in [-0.4, -0.2) is 86.9 Å². The number of allylic oxidation sites excluding steroid dienone is 1. The summed E-state index contributed by atoms with van der Waals surface area (Å²) in [6.07, 6.45) is 3.06. The zero-order valence-electron chi connectivity index (χ0n) is 20.2. The van der Waals surface area contributed by atoms with Crippen LogP contribution in [-0.2, 0) is 34.7 Å². The summed E-state index contributed by atoms with van der Waals surface area (Å²) in [4.78, 5) is 51.7. The van der Waals surface area contributed by atoms with Gasteiger partial charge < -0.3 is 25.8 Å². The molecule has 35 heavy (non-hydrogen) atoms. The smallest absolute Gasteiger partial charge is 0.309 e. The Hall–Kier alpha value is -1.57. The Morgan fingerprint density at radius 3 is 2.54 bits per heavy atom. The second kappa shape index (κ2) is 14.9. The van der Waals surface area contributed by atoms with Gasteiger partial charge in [0.05, 0.1) is 25.0 Å². The number of amides is 3. The highest BCUT2D eigenvalue weighted by Gasteiger charge is 2.33. The van der Waals surface area contributed by atoms with E-state index >= 15 is 0 Å². The highest BCUT2D eigenvalue weighted by Crippen LogP contribution is 2.24. The Balaban J connectivity index is 2.46. The topological polar surface area (TPSA) is 151 Å². The Morgan fingerprint density at radius 2 is 1.86 bits per heavy atom. The lowest BCUT2D eigenvalue weighted by Crippen LogP contribution is -2.58. The maximum absolute atomic E-state index is 13.2. The van der Waals surface area contributed by atoms with Gasteiger partial charge in [-0.25, -0.2) is 0 Å². The van der Waals surface area contributed by atoms with Crippen LogP contribution in [0.3, 0.4) is 0 Å². The van der Waals surface area contributed by atoms with Crippen LogP contribution in [0.5, 0.6) is 0 Å². The number of carbonyl (C=O) groups excluding carboxylic acids is 4. The third-order valence-electron chi connectivity index (χ3n) is 5.50. The van der Waals surface area contributed by atoms with Gasteiger partial charge in [0, 0.05) is 34.3 Å². The molecule has 2 heterocycles. The Kier molecular flexibility index (Phi) is 12.6. The van der Waals surface area contributed by atoms with Gasteiger partial charge >= 0.3 is 5.97 Å². The number of carbonyl (C=O) groups is 4. The van der Waals surface area contributed by atoms with E-state index in [1.807, 2.05) is 6.08 Å². The summed E-state index contributed by atoms with van der Waals surface area (Å²) in [6.45, 7) is 3.61. The fourth-order valence-electron chi connectivity index (χ4n) is 3.62. The molecule has 13 heteroatoms. The molecule has 198 valence electrons. The van der Waals surface area contributed by atoms with Gasteiger partial charge in [-0.2, -0.15) is 0 Å². The van der Waals surface area contributed by atoms with Gasteiger partial charge in [0.1, 0.15) is 18.2 Å². The van der Waals surface area contributed by atoms with E-state index in [1.54, 1.807) is 19.9 Å². The fraction of sp³-hybridized carbons (Fsp3) is 0.727. The molecule has 0 aromatic heterocycles. The molecule has 0 aromatic rings. The van der Waals surface area contributed by atoms with Crippen molar-refractivity contribution in [1.82, 2.24) is 16.0 Å². The Bertz CT molecular complexity index is 824. The minimum absolute atomic E-state index is 0.116. The van der Waals surface area contributed by atoms with Crippen LogP contribution in [0.4, 0.5) is 0 Å². The third-order valence-corrected chi connectivity index (χ3v) is 8.76. The first kappa shape index (κ1) is 29.7. The molecular formula is C22H35N3O7S3. The number of hydrogen-bond acceptors (Lipinski definition) is 9. The molecule has 0 aromatic carbocycles. The van der Waals surface area contributed by atoms with E-state index < -0.39 is 64.8 Å². The van der Waals surface area contributed by atoms with Crippen LogP contribution in [0.15, 0.2) is 12.2 Å². The summed E-state index contributed by atoms with van der Waals surface area (Å²) in [6, 6.07) is -2.70. The van der Waals surface area contributed by atoms with Crippen LogP contribution in [0.1, 0.15) is 39.5 Å². The van der Waals surface area contributed by atoms with Gasteiger partial charge in [0.15, 0.2) is 0 Å². The molecule has 0 spiro atoms. The molecule has 2 aliphatic heterocycles. The van der Waals surface area contributed by atoms with E-state index in [-0.39, 0.29) is 36.7 Å². The molecule has 4 N–H and O–H groups in total. The van der Waals surface area contributed by atoms with Crippen LogP contribution >= 0.6 is 21.6 Å². The molecule has 2 bridgehead atoms. The molecule has 1 unspecified atom stereocenters. The number of aliphatic hydroxyl groups excluding tert-OH is 1. The van der Waals surface area contributed by atoms with Crippen LogP contribution in [0.25, 0.3) is 0 Å². The fourth-order valence-corrected chi connectivity index (χ4v) is 6.34. The van der Waals surface area contributed by atoms with E-state index in [2.05, 4.69) is 16.0 Å². The number of ether oxygens (including phenoxy) is 1. The van der Waals surface area contributed by atoms with E-state index in [9.17, 15) is 28.5 Å². The lowest BCUT2D eigenvalue weighted by atomic mass is 9.96. The molecule has 3 amide bonds. The first-order chi connectivity index (χ1) is 16.6. The van der Waals surface area contributed by atoms with E-state index in [1.165, 1.54) is 27.8 Å². The number of nitrogens with one attached hydrogen (secondary N) is 3. The molecule has 2 rings (SSSR count). The highest BCUT2D eigenvalue weighted by molar-refractivity contribution is 8.76. The molecule has 0 aliphatic carbocycles. The molecule has 10 nitrogen and oxygen atoms in total. The SMILES string of the molecule is CC(C)[C@H]1NC(=O)[C@H]2CSSCC/C=C\[C@H](CC(=O)N[C@H](CCS(C)=O)C(=O)N2)OC(=O)C[C@@H]1O. The van der Waals surface area contributed by atoms with Crippen molar-refractivity contribution in [3.05, 3.63) is 12.2 Å². The number of fused-ring (bicyclic) bond motifs is 7. The van der Waals surface area contributed by atoms with Gasteiger partial charge in [0.25, 0.3) is 0 Å². The predicted octanol–water partition coefficient (Wildman–Crippen LogP) is 0.273. The molecule has 0 saturated carbocycles. The van der Waals surface area contributed by atoms with E-state index in [0.29, 0.717) is 12.2 Å². The highest BCUT2D eigenvalue weighted by atomic mass is 33.1.